The van der Waals surface area contributed by atoms with Crippen LogP contribution in [-0.2, 0) is 0 Å². The summed E-state index contributed by atoms with van der Waals surface area (Å²) in [5, 5.41) is 3.88. The Labute approximate surface area is 88.7 Å². The molecule has 82 valence electrons. The van der Waals surface area contributed by atoms with Crippen molar-refractivity contribution in [2.24, 2.45) is 5.92 Å². The van der Waals surface area contributed by atoms with Gasteiger partial charge in [0.1, 0.15) is 0 Å². The van der Waals surface area contributed by atoms with Gasteiger partial charge in [0.05, 0.1) is 0 Å². The Balaban J connectivity index is 1.68. The highest BCUT2D eigenvalue weighted by atomic mass is 14.9. The average Bonchev–Trinajstić information content (AvgIpc) is 2.23. The van der Waals surface area contributed by atoms with Crippen LogP contribution >= 0.6 is 0 Å². The van der Waals surface area contributed by atoms with Gasteiger partial charge in [-0.15, -0.1) is 0 Å². The van der Waals surface area contributed by atoms with Gasteiger partial charge in [-0.2, -0.15) is 0 Å². The van der Waals surface area contributed by atoms with E-state index in [-0.39, 0.29) is 0 Å². The first-order chi connectivity index (χ1) is 6.84. The second kappa shape index (κ2) is 5.16. The minimum Gasteiger partial charge on any atom is -0.311 e. The molecule has 0 unspecified atom stereocenters. The van der Waals surface area contributed by atoms with E-state index in [0.717, 1.165) is 18.0 Å². The monoisotopic (exact) mass is 195 g/mol. The molecule has 2 fully saturated rings. The van der Waals surface area contributed by atoms with Crippen LogP contribution in [0.3, 0.4) is 0 Å². The van der Waals surface area contributed by atoms with Crippen LogP contribution in [0, 0.1) is 5.92 Å². The van der Waals surface area contributed by atoms with E-state index in [1.807, 2.05) is 0 Å². The number of hydrogen-bond donors (Lipinski definition) is 1. The molecular formula is C13H25N. The van der Waals surface area contributed by atoms with Gasteiger partial charge in [-0.25, -0.2) is 0 Å². The largest absolute Gasteiger partial charge is 0.311 e. The molecule has 2 aliphatic carbocycles. The number of rotatable bonds is 2. The second-order valence-corrected chi connectivity index (χ2v) is 5.46. The minimum atomic E-state index is 0.856. The number of nitrogens with one attached hydrogen (secondary N) is 1. The standard InChI is InChI=1S/C13H25N/c1-11-7-9-13(10-8-11)14-12-5-3-2-4-6-12/h11-14H,2-10H2,1H3. The third kappa shape index (κ3) is 2.98. The molecule has 1 N–H and O–H groups in total. The Morgan fingerprint density at radius 3 is 1.93 bits per heavy atom. The van der Waals surface area contributed by atoms with Crippen LogP contribution in [0.2, 0.25) is 0 Å². The van der Waals surface area contributed by atoms with Gasteiger partial charge in [0.25, 0.3) is 0 Å². The maximum atomic E-state index is 3.88. The van der Waals surface area contributed by atoms with E-state index >= 15 is 0 Å². The molecule has 0 radical (unpaired) electrons. The SMILES string of the molecule is CC1CCC(NC2CCCCC2)CC1. The van der Waals surface area contributed by atoms with Crippen LogP contribution in [0.15, 0.2) is 0 Å². The van der Waals surface area contributed by atoms with Gasteiger partial charge in [-0.05, 0) is 44.4 Å². The van der Waals surface area contributed by atoms with E-state index in [1.165, 1.54) is 57.8 Å². The Morgan fingerprint density at radius 1 is 0.714 bits per heavy atom. The summed E-state index contributed by atoms with van der Waals surface area (Å²) in [6, 6.07) is 1.72. The van der Waals surface area contributed by atoms with Crippen LogP contribution in [0.25, 0.3) is 0 Å². The predicted octanol–water partition coefficient (Wildman–Crippen LogP) is 3.49. The van der Waals surface area contributed by atoms with Gasteiger partial charge in [0.2, 0.25) is 0 Å². The van der Waals surface area contributed by atoms with E-state index in [4.69, 9.17) is 0 Å². The van der Waals surface area contributed by atoms with Crippen molar-refractivity contribution in [3.8, 4) is 0 Å². The predicted molar refractivity (Wildman–Crippen MR) is 61.4 cm³/mol. The highest BCUT2D eigenvalue weighted by Gasteiger charge is 2.21. The Hall–Kier alpha value is -0.0400. The van der Waals surface area contributed by atoms with Crippen molar-refractivity contribution in [1.29, 1.82) is 0 Å². The lowest BCUT2D eigenvalue weighted by molar-refractivity contribution is 0.260. The molecule has 0 spiro atoms. The molecule has 14 heavy (non-hydrogen) atoms. The van der Waals surface area contributed by atoms with Crippen molar-refractivity contribution in [2.75, 3.05) is 0 Å². The fourth-order valence-corrected chi connectivity index (χ4v) is 3.03. The van der Waals surface area contributed by atoms with E-state index in [1.54, 1.807) is 0 Å². The highest BCUT2D eigenvalue weighted by molar-refractivity contribution is 4.80. The fraction of sp³-hybridized carbons (Fsp3) is 1.00. The molecule has 0 bridgehead atoms. The number of hydrogen-bond acceptors (Lipinski definition) is 1. The van der Waals surface area contributed by atoms with E-state index in [9.17, 15) is 0 Å². The van der Waals surface area contributed by atoms with Crippen LogP contribution < -0.4 is 5.32 Å². The third-order valence-electron chi connectivity index (χ3n) is 4.09. The van der Waals surface area contributed by atoms with Crippen LogP contribution in [-0.4, -0.2) is 12.1 Å². The van der Waals surface area contributed by atoms with Crippen molar-refractivity contribution in [1.82, 2.24) is 5.32 Å². The molecule has 0 aromatic carbocycles. The van der Waals surface area contributed by atoms with Crippen molar-refractivity contribution in [3.05, 3.63) is 0 Å². The normalized spacial score (nSPS) is 35.8. The van der Waals surface area contributed by atoms with Gasteiger partial charge in [0.15, 0.2) is 0 Å². The molecule has 2 aliphatic rings. The molecule has 0 aromatic heterocycles. The zero-order valence-corrected chi connectivity index (χ0v) is 9.60. The lowest BCUT2D eigenvalue weighted by Gasteiger charge is -2.32. The second-order valence-electron chi connectivity index (χ2n) is 5.46. The average molecular weight is 195 g/mol. The highest BCUT2D eigenvalue weighted by Crippen LogP contribution is 2.25. The molecule has 1 nitrogen and oxygen atoms in total. The Morgan fingerprint density at radius 2 is 1.29 bits per heavy atom. The molecule has 1 heteroatoms. The van der Waals surface area contributed by atoms with Crippen molar-refractivity contribution in [3.63, 3.8) is 0 Å². The van der Waals surface area contributed by atoms with Gasteiger partial charge in [-0.1, -0.05) is 26.2 Å². The quantitative estimate of drug-likeness (QED) is 0.711. The van der Waals surface area contributed by atoms with Gasteiger partial charge < -0.3 is 5.32 Å². The summed E-state index contributed by atoms with van der Waals surface area (Å²) >= 11 is 0. The van der Waals surface area contributed by atoms with Gasteiger partial charge in [0, 0.05) is 12.1 Å². The molecule has 0 aliphatic heterocycles. The molecule has 0 atom stereocenters. The molecule has 2 saturated carbocycles. The zero-order valence-electron chi connectivity index (χ0n) is 9.60. The Bertz CT molecular complexity index is 153. The van der Waals surface area contributed by atoms with Crippen LogP contribution in [0.4, 0.5) is 0 Å². The van der Waals surface area contributed by atoms with Crippen LogP contribution in [0.5, 0.6) is 0 Å². The molecule has 2 rings (SSSR count). The maximum absolute atomic E-state index is 3.88. The summed E-state index contributed by atoms with van der Waals surface area (Å²) in [6.45, 7) is 2.40. The zero-order chi connectivity index (χ0) is 9.80. The summed E-state index contributed by atoms with van der Waals surface area (Å²) in [6.07, 6.45) is 13.0. The topological polar surface area (TPSA) is 12.0 Å². The summed E-state index contributed by atoms with van der Waals surface area (Å²) in [4.78, 5) is 0. The van der Waals surface area contributed by atoms with Crippen molar-refractivity contribution < 1.29 is 0 Å². The lowest BCUT2D eigenvalue weighted by atomic mass is 9.86. The van der Waals surface area contributed by atoms with Gasteiger partial charge >= 0.3 is 0 Å². The van der Waals surface area contributed by atoms with Crippen LogP contribution in [0.1, 0.15) is 64.7 Å². The Kier molecular flexibility index (Phi) is 3.86. The van der Waals surface area contributed by atoms with Gasteiger partial charge in [-0.3, -0.25) is 0 Å². The van der Waals surface area contributed by atoms with E-state index < -0.39 is 0 Å². The third-order valence-corrected chi connectivity index (χ3v) is 4.09. The first kappa shape index (κ1) is 10.5. The molecular weight excluding hydrogens is 170 g/mol. The summed E-state index contributed by atoms with van der Waals surface area (Å²) in [5.41, 5.74) is 0. The minimum absolute atomic E-state index is 0.856. The first-order valence-electron chi connectivity index (χ1n) is 6.60. The lowest BCUT2D eigenvalue weighted by Crippen LogP contribution is -2.41. The van der Waals surface area contributed by atoms with E-state index in [0.29, 0.717) is 0 Å². The maximum Gasteiger partial charge on any atom is 0.00698 e. The fourth-order valence-electron chi connectivity index (χ4n) is 3.03. The van der Waals surface area contributed by atoms with Crippen molar-refractivity contribution >= 4 is 0 Å². The summed E-state index contributed by atoms with van der Waals surface area (Å²) in [5.74, 6) is 0.986. The first-order valence-corrected chi connectivity index (χ1v) is 6.60. The van der Waals surface area contributed by atoms with Crippen molar-refractivity contribution in [2.45, 2.75) is 76.8 Å². The molecule has 0 heterocycles. The molecule has 0 amide bonds. The smallest absolute Gasteiger partial charge is 0.00698 e. The summed E-state index contributed by atoms with van der Waals surface area (Å²) in [7, 11) is 0. The summed E-state index contributed by atoms with van der Waals surface area (Å²) < 4.78 is 0. The van der Waals surface area contributed by atoms with E-state index in [2.05, 4.69) is 12.2 Å². The molecule has 0 aromatic rings. The molecule has 0 saturated heterocycles.